The monoisotopic (exact) mass is 418 g/mol. The summed E-state index contributed by atoms with van der Waals surface area (Å²) in [6.07, 6.45) is 0. The van der Waals surface area contributed by atoms with Crippen LogP contribution in [0.25, 0.3) is 0 Å². The van der Waals surface area contributed by atoms with Crippen LogP contribution in [0.4, 0.5) is 11.4 Å². The predicted molar refractivity (Wildman–Crippen MR) is 96.6 cm³/mol. The van der Waals surface area contributed by atoms with Crippen molar-refractivity contribution in [1.82, 2.24) is 0 Å². The number of ether oxygens (including phenoxy) is 5. The minimum Gasteiger partial charge on any atom is -0.486 e. The molecule has 0 saturated heterocycles. The molecule has 12 nitrogen and oxygen atoms in total. The van der Waals surface area contributed by atoms with Crippen LogP contribution in [0, 0.1) is 20.2 Å². The Balaban J connectivity index is 1.62. The number of carbonyl (C=O) groups excluding carboxylic acids is 1. The zero-order chi connectivity index (χ0) is 21.3. The minimum absolute atomic E-state index is 0.0562. The highest BCUT2D eigenvalue weighted by Gasteiger charge is 2.28. The molecule has 0 fully saturated rings. The van der Waals surface area contributed by atoms with Crippen molar-refractivity contribution in [3.8, 4) is 17.2 Å². The third-order valence-corrected chi connectivity index (χ3v) is 4.42. The van der Waals surface area contributed by atoms with Gasteiger partial charge < -0.3 is 23.7 Å². The quantitative estimate of drug-likeness (QED) is 0.402. The summed E-state index contributed by atoms with van der Waals surface area (Å²) in [5.74, 6) is -0.333. The van der Waals surface area contributed by atoms with Crippen LogP contribution in [0.1, 0.15) is 21.5 Å². The Morgan fingerprint density at radius 2 is 1.73 bits per heavy atom. The summed E-state index contributed by atoms with van der Waals surface area (Å²) in [7, 11) is 0. The third-order valence-electron chi connectivity index (χ3n) is 4.42. The molecule has 0 N–H and O–H groups in total. The van der Waals surface area contributed by atoms with Gasteiger partial charge in [0.25, 0.3) is 11.4 Å². The van der Waals surface area contributed by atoms with E-state index < -0.39 is 28.1 Å². The largest absolute Gasteiger partial charge is 0.486 e. The van der Waals surface area contributed by atoms with Crippen molar-refractivity contribution in [2.45, 2.75) is 13.2 Å². The van der Waals surface area contributed by atoms with Gasteiger partial charge in [0.2, 0.25) is 0 Å². The van der Waals surface area contributed by atoms with Crippen molar-refractivity contribution < 1.29 is 38.3 Å². The number of carbonyl (C=O) groups is 1. The standard InChI is InChI=1S/C18H14N2O10/c21-18(13-5-15-16(28-2-1-27-15)6-14(13)20(24)25)29-8-11-4-12(19(22)23)3-10-7-26-9-30-17(10)11/h3-6H,1-2,7-9H2. The molecule has 30 heavy (non-hydrogen) atoms. The molecular formula is C18H14N2O10. The molecule has 0 aliphatic carbocycles. The maximum atomic E-state index is 12.6. The van der Waals surface area contributed by atoms with E-state index in [0.29, 0.717) is 11.3 Å². The fraction of sp³-hybridized carbons (Fsp3) is 0.278. The molecule has 4 rings (SSSR count). The van der Waals surface area contributed by atoms with E-state index in [1.165, 1.54) is 18.2 Å². The summed E-state index contributed by atoms with van der Waals surface area (Å²) in [6.45, 7) is 0.119. The summed E-state index contributed by atoms with van der Waals surface area (Å²) in [5, 5.41) is 22.6. The number of hydrogen-bond acceptors (Lipinski definition) is 10. The maximum Gasteiger partial charge on any atom is 0.345 e. The SMILES string of the molecule is O=C(OCc1cc([N+](=O)[O-])cc2c1OCOC2)c1cc2c(cc1[N+](=O)[O-])OCCO2. The van der Waals surface area contributed by atoms with E-state index in [1.807, 2.05) is 0 Å². The Kier molecular flexibility index (Phi) is 5.06. The van der Waals surface area contributed by atoms with Crippen molar-refractivity contribution in [1.29, 1.82) is 0 Å². The van der Waals surface area contributed by atoms with Crippen molar-refractivity contribution in [2.75, 3.05) is 20.0 Å². The first kappa shape index (κ1) is 19.4. The lowest BCUT2D eigenvalue weighted by Gasteiger charge is -2.20. The molecule has 0 unspecified atom stereocenters. The lowest BCUT2D eigenvalue weighted by Crippen LogP contribution is -2.17. The van der Waals surface area contributed by atoms with Gasteiger partial charge in [-0.3, -0.25) is 20.2 Å². The number of nitrogens with zero attached hydrogens (tertiary/aromatic N) is 2. The molecule has 0 spiro atoms. The fourth-order valence-corrected chi connectivity index (χ4v) is 3.11. The van der Waals surface area contributed by atoms with Crippen LogP contribution in [-0.2, 0) is 22.7 Å². The van der Waals surface area contributed by atoms with Crippen LogP contribution in [-0.4, -0.2) is 35.8 Å². The molecular weight excluding hydrogens is 404 g/mol. The Morgan fingerprint density at radius 1 is 1.00 bits per heavy atom. The molecule has 0 bridgehead atoms. The number of benzene rings is 2. The van der Waals surface area contributed by atoms with Crippen molar-refractivity contribution in [3.63, 3.8) is 0 Å². The second kappa shape index (κ2) is 7.83. The van der Waals surface area contributed by atoms with Gasteiger partial charge in [-0.2, -0.15) is 0 Å². The molecule has 0 saturated carbocycles. The Labute approximate surface area is 168 Å². The molecule has 2 heterocycles. The van der Waals surface area contributed by atoms with Gasteiger partial charge in [0.05, 0.1) is 22.5 Å². The zero-order valence-electron chi connectivity index (χ0n) is 15.3. The molecule has 2 aliphatic rings. The zero-order valence-corrected chi connectivity index (χ0v) is 15.3. The number of nitro groups is 2. The molecule has 2 aliphatic heterocycles. The van der Waals surface area contributed by atoms with Gasteiger partial charge in [-0.15, -0.1) is 0 Å². The minimum atomic E-state index is -0.994. The van der Waals surface area contributed by atoms with Crippen molar-refractivity contribution in [3.05, 3.63) is 61.2 Å². The first-order valence-corrected chi connectivity index (χ1v) is 8.70. The highest BCUT2D eigenvalue weighted by Crippen LogP contribution is 2.37. The van der Waals surface area contributed by atoms with Gasteiger partial charge in [0.15, 0.2) is 18.3 Å². The van der Waals surface area contributed by atoms with Gasteiger partial charge in [-0.1, -0.05) is 0 Å². The highest BCUT2D eigenvalue weighted by atomic mass is 16.7. The summed E-state index contributed by atoms with van der Waals surface area (Å²) in [5.41, 5.74) is -0.371. The lowest BCUT2D eigenvalue weighted by atomic mass is 10.1. The summed E-state index contributed by atoms with van der Waals surface area (Å²) in [4.78, 5) is 33.8. The average Bonchev–Trinajstić information content (AvgIpc) is 2.75. The summed E-state index contributed by atoms with van der Waals surface area (Å²) < 4.78 is 26.4. The average molecular weight is 418 g/mol. The molecule has 0 amide bonds. The van der Waals surface area contributed by atoms with E-state index in [-0.39, 0.29) is 54.9 Å². The molecule has 0 atom stereocenters. The topological polar surface area (TPSA) is 150 Å². The highest BCUT2D eigenvalue weighted by molar-refractivity contribution is 5.95. The second-order valence-corrected chi connectivity index (χ2v) is 6.31. The van der Waals surface area contributed by atoms with Crippen molar-refractivity contribution in [2.24, 2.45) is 0 Å². The molecule has 12 heteroatoms. The first-order chi connectivity index (χ1) is 14.4. The number of esters is 1. The van der Waals surface area contributed by atoms with Crippen LogP contribution in [0.3, 0.4) is 0 Å². The normalized spacial score (nSPS) is 14.3. The molecule has 0 radical (unpaired) electrons. The number of hydrogen-bond donors (Lipinski definition) is 0. The van der Waals surface area contributed by atoms with Gasteiger partial charge >= 0.3 is 5.97 Å². The molecule has 2 aromatic carbocycles. The third kappa shape index (κ3) is 3.67. The van der Waals surface area contributed by atoms with Gasteiger partial charge in [0, 0.05) is 29.3 Å². The van der Waals surface area contributed by atoms with Crippen LogP contribution >= 0.6 is 0 Å². The molecule has 2 aromatic rings. The van der Waals surface area contributed by atoms with E-state index in [1.54, 1.807) is 0 Å². The summed E-state index contributed by atoms with van der Waals surface area (Å²) >= 11 is 0. The maximum absolute atomic E-state index is 12.6. The van der Waals surface area contributed by atoms with Crippen molar-refractivity contribution >= 4 is 17.3 Å². The van der Waals surface area contributed by atoms with Crippen LogP contribution in [0.15, 0.2) is 24.3 Å². The van der Waals surface area contributed by atoms with E-state index >= 15 is 0 Å². The van der Waals surface area contributed by atoms with Gasteiger partial charge in [-0.25, -0.2) is 4.79 Å². The van der Waals surface area contributed by atoms with E-state index in [0.717, 1.165) is 6.07 Å². The summed E-state index contributed by atoms with van der Waals surface area (Å²) in [6, 6.07) is 4.81. The number of fused-ring (bicyclic) bond motifs is 2. The number of non-ortho nitro benzene ring substituents is 1. The Bertz CT molecular complexity index is 1050. The fourth-order valence-electron chi connectivity index (χ4n) is 3.11. The Hall–Kier alpha value is -3.93. The second-order valence-electron chi connectivity index (χ2n) is 6.31. The van der Waals surface area contributed by atoms with E-state index in [4.69, 9.17) is 23.7 Å². The number of nitro benzene ring substituents is 2. The Morgan fingerprint density at radius 3 is 2.43 bits per heavy atom. The van der Waals surface area contributed by atoms with Crippen LogP contribution < -0.4 is 14.2 Å². The predicted octanol–water partition coefficient (Wildman–Crippen LogP) is 2.50. The smallest absolute Gasteiger partial charge is 0.345 e. The van der Waals surface area contributed by atoms with E-state index in [9.17, 15) is 25.0 Å². The van der Waals surface area contributed by atoms with Gasteiger partial charge in [-0.05, 0) is 0 Å². The first-order valence-electron chi connectivity index (χ1n) is 8.70. The molecule has 156 valence electrons. The lowest BCUT2D eigenvalue weighted by molar-refractivity contribution is -0.385. The van der Waals surface area contributed by atoms with Gasteiger partial charge in [0.1, 0.15) is 31.1 Å². The molecule has 0 aromatic heterocycles. The number of rotatable bonds is 5. The van der Waals surface area contributed by atoms with E-state index in [2.05, 4.69) is 0 Å². The van der Waals surface area contributed by atoms with Crippen LogP contribution in [0.2, 0.25) is 0 Å². The van der Waals surface area contributed by atoms with Crippen LogP contribution in [0.5, 0.6) is 17.2 Å².